The minimum Gasteiger partial charge on any atom is -0.469 e. The largest absolute Gasteiger partial charge is 0.469 e. The van der Waals surface area contributed by atoms with Gasteiger partial charge < -0.3 is 14.3 Å². The predicted molar refractivity (Wildman–Crippen MR) is 147 cm³/mol. The highest BCUT2D eigenvalue weighted by Gasteiger charge is 2.36. The Morgan fingerprint density at radius 3 is 2.28 bits per heavy atom. The lowest BCUT2D eigenvalue weighted by atomic mass is 9.84. The Hall–Kier alpha value is -3.74. The summed E-state index contributed by atoms with van der Waals surface area (Å²) in [5.74, 6) is -0.419. The number of piperidine rings is 1. The van der Waals surface area contributed by atoms with Gasteiger partial charge in [-0.1, -0.05) is 36.4 Å². The highest BCUT2D eigenvalue weighted by atomic mass is 19.4. The normalized spacial score (nSPS) is 14.9. The molecule has 0 saturated carbocycles. The van der Waals surface area contributed by atoms with Crippen LogP contribution >= 0.6 is 0 Å². The first-order chi connectivity index (χ1) is 20.4. The van der Waals surface area contributed by atoms with E-state index < -0.39 is 35.9 Å². The number of hydrogen-bond donors (Lipinski definition) is 0. The lowest BCUT2D eigenvalue weighted by Gasteiger charge is -2.30. The van der Waals surface area contributed by atoms with Crippen molar-refractivity contribution in [2.45, 2.75) is 56.8 Å². The number of methoxy groups -OCH3 is 1. The molecule has 4 rings (SSSR count). The standard InChI is InChI=1S/C30H29BF6N3O3/c1-43-28(42)16-23-22(3-2-4-24(23)29(32,33)34)9-10-26-25(30(35,36)37)17-38-27(39-26)15-19-5-7-20(8-6-19)21-11-13-40(14-12-21)31-18-41/h2-8,17-18,21H,9-16H2,1H3. The van der Waals surface area contributed by atoms with Gasteiger partial charge in [-0.3, -0.25) is 4.79 Å². The molecule has 227 valence electrons. The number of nitrogens with zero attached hydrogens (tertiary/aromatic N) is 3. The van der Waals surface area contributed by atoms with Gasteiger partial charge in [0.05, 0.1) is 36.5 Å². The molecular weight excluding hydrogens is 575 g/mol. The second-order valence-electron chi connectivity index (χ2n) is 10.4. The number of rotatable bonds is 10. The van der Waals surface area contributed by atoms with Crippen LogP contribution in [0.4, 0.5) is 26.3 Å². The highest BCUT2D eigenvalue weighted by molar-refractivity contribution is 6.64. The van der Waals surface area contributed by atoms with Crippen LogP contribution in [0, 0.1) is 0 Å². The average molecular weight is 604 g/mol. The van der Waals surface area contributed by atoms with E-state index in [-0.39, 0.29) is 41.9 Å². The Kier molecular flexibility index (Phi) is 10.3. The lowest BCUT2D eigenvalue weighted by Crippen LogP contribution is -2.36. The first-order valence-electron chi connectivity index (χ1n) is 13.7. The second-order valence-corrected chi connectivity index (χ2v) is 10.4. The molecule has 1 fully saturated rings. The summed E-state index contributed by atoms with van der Waals surface area (Å²) in [7, 11) is 2.58. The van der Waals surface area contributed by atoms with Gasteiger partial charge in [0.1, 0.15) is 5.82 Å². The number of hydrogen-bond acceptors (Lipinski definition) is 6. The van der Waals surface area contributed by atoms with E-state index in [1.54, 1.807) is 7.41 Å². The van der Waals surface area contributed by atoms with Gasteiger partial charge in [0.25, 0.3) is 7.41 Å². The molecule has 1 aromatic heterocycles. The highest BCUT2D eigenvalue weighted by Crippen LogP contribution is 2.35. The first-order valence-corrected chi connectivity index (χ1v) is 13.7. The molecule has 43 heavy (non-hydrogen) atoms. The molecule has 0 atom stereocenters. The average Bonchev–Trinajstić information content (AvgIpc) is 2.96. The van der Waals surface area contributed by atoms with Crippen molar-refractivity contribution in [3.8, 4) is 0 Å². The zero-order chi connectivity index (χ0) is 31.2. The van der Waals surface area contributed by atoms with E-state index in [1.807, 2.05) is 29.1 Å². The van der Waals surface area contributed by atoms with E-state index in [4.69, 9.17) is 0 Å². The number of aryl methyl sites for hydroxylation is 2. The summed E-state index contributed by atoms with van der Waals surface area (Å²) in [5.41, 5.74) is -0.771. The van der Waals surface area contributed by atoms with Gasteiger partial charge in [-0.2, -0.15) is 26.3 Å². The minimum absolute atomic E-state index is 0.0824. The smallest absolute Gasteiger partial charge is 0.419 e. The van der Waals surface area contributed by atoms with Gasteiger partial charge in [0.2, 0.25) is 0 Å². The molecule has 1 aliphatic rings. The number of aromatic nitrogens is 2. The summed E-state index contributed by atoms with van der Waals surface area (Å²) in [6.45, 7) is 1.55. The Morgan fingerprint density at radius 2 is 1.67 bits per heavy atom. The molecule has 0 spiro atoms. The predicted octanol–water partition coefficient (Wildman–Crippen LogP) is 5.59. The Morgan fingerprint density at radius 1 is 1.00 bits per heavy atom. The minimum atomic E-state index is -4.77. The van der Waals surface area contributed by atoms with Crippen LogP contribution in [0.15, 0.2) is 48.7 Å². The van der Waals surface area contributed by atoms with Crippen molar-refractivity contribution in [3.63, 3.8) is 0 Å². The van der Waals surface area contributed by atoms with Crippen LogP contribution in [0.25, 0.3) is 0 Å². The van der Waals surface area contributed by atoms with E-state index in [0.717, 1.165) is 62.5 Å². The van der Waals surface area contributed by atoms with Crippen molar-refractivity contribution in [1.82, 2.24) is 14.8 Å². The summed E-state index contributed by atoms with van der Waals surface area (Å²) < 4.78 is 87.0. The SMILES string of the molecule is COC(=O)Cc1c(CCc2nc(Cc3ccc(C4CCN([B]C=O)CC4)cc3)ncc2C(F)(F)F)cccc1C(F)(F)F. The zero-order valence-corrected chi connectivity index (χ0v) is 23.3. The second kappa shape index (κ2) is 13.7. The van der Waals surface area contributed by atoms with Crippen LogP contribution in [-0.4, -0.2) is 54.5 Å². The van der Waals surface area contributed by atoms with Crippen LogP contribution in [0.1, 0.15) is 63.7 Å². The number of carbonyl (C=O) groups is 2. The van der Waals surface area contributed by atoms with Crippen LogP contribution in [0.5, 0.6) is 0 Å². The fourth-order valence-electron chi connectivity index (χ4n) is 5.34. The van der Waals surface area contributed by atoms with Gasteiger partial charge in [-0.05, 0) is 73.0 Å². The van der Waals surface area contributed by atoms with E-state index in [9.17, 15) is 35.9 Å². The quantitative estimate of drug-likeness (QED) is 0.130. The zero-order valence-electron chi connectivity index (χ0n) is 23.3. The number of alkyl halides is 6. The van der Waals surface area contributed by atoms with Gasteiger partial charge in [-0.15, -0.1) is 0 Å². The number of esters is 1. The van der Waals surface area contributed by atoms with E-state index in [2.05, 4.69) is 14.7 Å². The third kappa shape index (κ3) is 8.43. The molecule has 13 heteroatoms. The number of ether oxygens (including phenoxy) is 1. The summed E-state index contributed by atoms with van der Waals surface area (Å²) in [6.07, 6.45) is -7.31. The molecule has 1 aliphatic heterocycles. The molecule has 2 heterocycles. The molecule has 0 bridgehead atoms. The molecule has 1 radical (unpaired) electrons. The van der Waals surface area contributed by atoms with E-state index in [0.29, 0.717) is 12.1 Å². The fraction of sp³-hybridized carbons (Fsp3) is 0.400. The van der Waals surface area contributed by atoms with Gasteiger partial charge in [-0.25, -0.2) is 9.97 Å². The maximum atomic E-state index is 13.8. The molecule has 0 N–H and O–H groups in total. The van der Waals surface area contributed by atoms with Crippen molar-refractivity contribution in [1.29, 1.82) is 0 Å². The third-order valence-corrected chi connectivity index (χ3v) is 7.60. The summed E-state index contributed by atoms with van der Waals surface area (Å²) >= 11 is 0. The van der Waals surface area contributed by atoms with Crippen molar-refractivity contribution >= 4 is 19.6 Å². The third-order valence-electron chi connectivity index (χ3n) is 7.60. The number of halogens is 6. The van der Waals surface area contributed by atoms with Crippen molar-refractivity contribution < 1.29 is 40.7 Å². The molecule has 3 aromatic rings. The topological polar surface area (TPSA) is 72.4 Å². The molecular formula is C30H29BF6N3O3. The van der Waals surface area contributed by atoms with Crippen molar-refractivity contribution in [2.75, 3.05) is 20.2 Å². The summed E-state index contributed by atoms with van der Waals surface area (Å²) in [5, 5.41) is 0. The van der Waals surface area contributed by atoms with Gasteiger partial charge in [0, 0.05) is 12.6 Å². The molecule has 6 nitrogen and oxygen atoms in total. The van der Waals surface area contributed by atoms with E-state index in [1.165, 1.54) is 6.07 Å². The number of carbonyl (C=O) groups excluding carboxylic acids is 2. The maximum Gasteiger partial charge on any atom is 0.419 e. The molecule has 0 aliphatic carbocycles. The van der Waals surface area contributed by atoms with Crippen molar-refractivity contribution in [2.24, 2.45) is 0 Å². The van der Waals surface area contributed by atoms with Crippen LogP contribution < -0.4 is 0 Å². The van der Waals surface area contributed by atoms with Gasteiger partial charge >= 0.3 is 18.3 Å². The Balaban J connectivity index is 1.53. The molecule has 2 aromatic carbocycles. The fourth-order valence-corrected chi connectivity index (χ4v) is 5.34. The summed E-state index contributed by atoms with van der Waals surface area (Å²) in [6, 6.07) is 11.0. The van der Waals surface area contributed by atoms with E-state index >= 15 is 0 Å². The van der Waals surface area contributed by atoms with Crippen LogP contribution in [-0.2, 0) is 52.4 Å². The Bertz CT molecular complexity index is 1420. The monoisotopic (exact) mass is 604 g/mol. The molecule has 1 saturated heterocycles. The van der Waals surface area contributed by atoms with Crippen molar-refractivity contribution in [3.05, 3.63) is 93.6 Å². The Labute approximate surface area is 245 Å². The molecule has 0 amide bonds. The maximum absolute atomic E-state index is 13.8. The van der Waals surface area contributed by atoms with Crippen LogP contribution in [0.3, 0.4) is 0 Å². The first kappa shape index (κ1) is 32.2. The number of benzene rings is 2. The summed E-state index contributed by atoms with van der Waals surface area (Å²) in [4.78, 5) is 32.6. The molecule has 0 unspecified atom stereocenters. The van der Waals surface area contributed by atoms with Gasteiger partial charge in [0.15, 0.2) is 0 Å². The lowest BCUT2D eigenvalue weighted by molar-refractivity contribution is -0.142. The van der Waals surface area contributed by atoms with Crippen LogP contribution in [0.2, 0.25) is 0 Å².